The molecule has 1 N–H and O–H groups in total. The van der Waals surface area contributed by atoms with E-state index in [0.717, 1.165) is 30.5 Å². The number of nitrogens with one attached hydrogen (secondary N) is 1. The number of hydrogen-bond acceptors (Lipinski definition) is 4. The fourth-order valence-corrected chi connectivity index (χ4v) is 4.00. The number of rotatable bonds is 4. The van der Waals surface area contributed by atoms with E-state index in [2.05, 4.69) is 23.3 Å². The minimum absolute atomic E-state index is 0.164. The number of hydrogen-bond donors (Lipinski definition) is 1. The second-order valence-electron chi connectivity index (χ2n) is 6.37. The van der Waals surface area contributed by atoms with Crippen molar-refractivity contribution in [2.24, 2.45) is 5.92 Å². The van der Waals surface area contributed by atoms with Crippen molar-refractivity contribution in [1.29, 1.82) is 5.26 Å². The summed E-state index contributed by atoms with van der Waals surface area (Å²) in [6.07, 6.45) is 2.98. The van der Waals surface area contributed by atoms with Crippen molar-refractivity contribution in [2.45, 2.75) is 31.2 Å². The van der Waals surface area contributed by atoms with Crippen LogP contribution in [0, 0.1) is 17.2 Å². The zero-order valence-corrected chi connectivity index (χ0v) is 16.5. The van der Waals surface area contributed by atoms with Gasteiger partial charge in [0.1, 0.15) is 11.1 Å². The Morgan fingerprint density at radius 1 is 1.38 bits per heavy atom. The van der Waals surface area contributed by atoms with E-state index < -0.39 is 0 Å². The largest absolute Gasteiger partial charge is 0.325 e. The molecular formula is C19H17Cl2N3OS. The maximum atomic E-state index is 12.2. The molecule has 3 rings (SSSR count). The second-order valence-corrected chi connectivity index (χ2v) is 8.15. The van der Waals surface area contributed by atoms with Crippen molar-refractivity contribution in [3.63, 3.8) is 0 Å². The highest BCUT2D eigenvalue weighted by Gasteiger charge is 2.19. The number of carbonyl (C=O) groups excluding carboxylic acids is 1. The number of benzene rings is 1. The molecule has 1 atom stereocenters. The Balaban J connectivity index is 1.68. The molecule has 0 saturated carbocycles. The molecule has 0 fully saturated rings. The molecule has 1 unspecified atom stereocenters. The molecule has 2 aromatic rings. The highest BCUT2D eigenvalue weighted by molar-refractivity contribution is 8.00. The number of pyridine rings is 1. The lowest BCUT2D eigenvalue weighted by atomic mass is 9.87. The van der Waals surface area contributed by atoms with Crippen LogP contribution in [-0.2, 0) is 17.6 Å². The Labute approximate surface area is 166 Å². The van der Waals surface area contributed by atoms with Gasteiger partial charge in [-0.05, 0) is 55.0 Å². The number of halogens is 2. The lowest BCUT2D eigenvalue weighted by Gasteiger charge is -2.21. The maximum absolute atomic E-state index is 12.2. The monoisotopic (exact) mass is 405 g/mol. The smallest absolute Gasteiger partial charge is 0.234 e. The Morgan fingerprint density at radius 2 is 2.19 bits per heavy atom. The number of nitrogens with zero attached hydrogens (tertiary/aromatic N) is 2. The van der Waals surface area contributed by atoms with E-state index in [1.807, 2.05) is 6.07 Å². The third-order valence-corrected chi connectivity index (χ3v) is 5.99. The molecule has 1 heterocycles. The summed E-state index contributed by atoms with van der Waals surface area (Å²) in [6.45, 7) is 2.21. The van der Waals surface area contributed by atoms with Crippen LogP contribution >= 0.6 is 35.0 Å². The van der Waals surface area contributed by atoms with Crippen LogP contribution in [0.4, 0.5) is 5.69 Å². The van der Waals surface area contributed by atoms with Crippen molar-refractivity contribution < 1.29 is 4.79 Å². The third-order valence-electron chi connectivity index (χ3n) is 4.26. The van der Waals surface area contributed by atoms with Crippen LogP contribution in [0.15, 0.2) is 29.3 Å². The van der Waals surface area contributed by atoms with Gasteiger partial charge in [-0.1, -0.05) is 41.9 Å². The summed E-state index contributed by atoms with van der Waals surface area (Å²) in [6, 6.07) is 9.05. The highest BCUT2D eigenvalue weighted by atomic mass is 35.5. The number of fused-ring (bicyclic) bond motifs is 1. The molecule has 1 aromatic carbocycles. The zero-order chi connectivity index (χ0) is 18.7. The Morgan fingerprint density at radius 3 is 2.92 bits per heavy atom. The lowest BCUT2D eigenvalue weighted by molar-refractivity contribution is -0.113. The van der Waals surface area contributed by atoms with Crippen LogP contribution in [0.3, 0.4) is 0 Å². The Bertz CT molecular complexity index is 895. The summed E-state index contributed by atoms with van der Waals surface area (Å²) >= 11 is 13.1. The molecule has 4 nitrogen and oxygen atoms in total. The van der Waals surface area contributed by atoms with Gasteiger partial charge >= 0.3 is 0 Å². The molecule has 0 saturated heterocycles. The molecule has 0 radical (unpaired) electrons. The van der Waals surface area contributed by atoms with Crippen LogP contribution < -0.4 is 5.32 Å². The maximum Gasteiger partial charge on any atom is 0.234 e. The number of thioether (sulfide) groups is 1. The minimum Gasteiger partial charge on any atom is -0.325 e. The van der Waals surface area contributed by atoms with E-state index in [9.17, 15) is 10.1 Å². The molecule has 1 aliphatic carbocycles. The molecule has 0 bridgehead atoms. The van der Waals surface area contributed by atoms with Crippen molar-refractivity contribution in [1.82, 2.24) is 4.98 Å². The first-order chi connectivity index (χ1) is 12.5. The van der Waals surface area contributed by atoms with E-state index >= 15 is 0 Å². The van der Waals surface area contributed by atoms with Crippen molar-refractivity contribution in [3.8, 4) is 6.07 Å². The van der Waals surface area contributed by atoms with E-state index in [-0.39, 0.29) is 11.7 Å². The quantitative estimate of drug-likeness (QED) is 0.716. The predicted molar refractivity (Wildman–Crippen MR) is 106 cm³/mol. The molecule has 1 amide bonds. The number of amides is 1. The minimum atomic E-state index is -0.189. The van der Waals surface area contributed by atoms with Gasteiger partial charge in [0.25, 0.3) is 0 Å². The lowest BCUT2D eigenvalue weighted by Crippen LogP contribution is -2.16. The first kappa shape index (κ1) is 19.0. The first-order valence-corrected chi connectivity index (χ1v) is 10.0. The van der Waals surface area contributed by atoms with Crippen LogP contribution in [0.1, 0.15) is 30.2 Å². The molecule has 26 heavy (non-hydrogen) atoms. The number of anilines is 1. The number of aromatic nitrogens is 1. The Hall–Kier alpha value is -1.74. The second kappa shape index (κ2) is 8.30. The van der Waals surface area contributed by atoms with Crippen LogP contribution in [0.25, 0.3) is 0 Å². The number of carbonyl (C=O) groups is 1. The standard InChI is InChI=1S/C19H17Cl2N3OS/c1-11-2-5-17-12(6-11)7-13(9-22)19(24-17)26-10-18(25)23-14-3-4-15(20)16(21)8-14/h3-4,7-8,11H,2,5-6,10H2,1H3,(H,23,25). The van der Waals surface area contributed by atoms with E-state index in [0.29, 0.717) is 32.2 Å². The molecule has 134 valence electrons. The SMILES string of the molecule is CC1CCc2nc(SCC(=O)Nc3ccc(Cl)c(Cl)c3)c(C#N)cc2C1. The first-order valence-electron chi connectivity index (χ1n) is 8.27. The average Bonchev–Trinajstić information content (AvgIpc) is 2.62. The van der Waals surface area contributed by atoms with Gasteiger partial charge in [-0.25, -0.2) is 4.98 Å². The van der Waals surface area contributed by atoms with Gasteiger partial charge in [-0.3, -0.25) is 4.79 Å². The summed E-state index contributed by atoms with van der Waals surface area (Å²) in [4.78, 5) is 16.8. The van der Waals surface area contributed by atoms with Crippen LogP contribution in [-0.4, -0.2) is 16.6 Å². The van der Waals surface area contributed by atoms with Gasteiger partial charge in [-0.2, -0.15) is 5.26 Å². The van der Waals surface area contributed by atoms with E-state index in [1.54, 1.807) is 18.2 Å². The zero-order valence-electron chi connectivity index (χ0n) is 14.2. The highest BCUT2D eigenvalue weighted by Crippen LogP contribution is 2.30. The van der Waals surface area contributed by atoms with Gasteiger partial charge in [0.2, 0.25) is 5.91 Å². The van der Waals surface area contributed by atoms with Gasteiger partial charge in [-0.15, -0.1) is 0 Å². The van der Waals surface area contributed by atoms with Gasteiger partial charge in [0.15, 0.2) is 0 Å². The predicted octanol–water partition coefficient (Wildman–Crippen LogP) is 5.12. The summed E-state index contributed by atoms with van der Waals surface area (Å²) < 4.78 is 0. The van der Waals surface area contributed by atoms with Crippen molar-refractivity contribution in [2.75, 3.05) is 11.1 Å². The van der Waals surface area contributed by atoms with Gasteiger partial charge in [0.05, 0.1) is 21.4 Å². The van der Waals surface area contributed by atoms with Crippen LogP contribution in [0.2, 0.25) is 10.0 Å². The molecule has 0 aliphatic heterocycles. The molecule has 7 heteroatoms. The molecule has 1 aromatic heterocycles. The van der Waals surface area contributed by atoms with Crippen molar-refractivity contribution in [3.05, 3.63) is 51.1 Å². The molecule has 1 aliphatic rings. The van der Waals surface area contributed by atoms with Gasteiger partial charge in [0, 0.05) is 11.4 Å². The third kappa shape index (κ3) is 4.50. The fourth-order valence-electron chi connectivity index (χ4n) is 2.92. The van der Waals surface area contributed by atoms with Crippen molar-refractivity contribution >= 4 is 46.6 Å². The normalized spacial score (nSPS) is 15.8. The summed E-state index contributed by atoms with van der Waals surface area (Å²) in [5.41, 5.74) is 3.32. The average molecular weight is 406 g/mol. The van der Waals surface area contributed by atoms with Crippen LogP contribution in [0.5, 0.6) is 0 Å². The van der Waals surface area contributed by atoms with E-state index in [1.165, 1.54) is 11.8 Å². The number of nitriles is 1. The summed E-state index contributed by atoms with van der Waals surface area (Å²) in [5, 5.41) is 13.6. The van der Waals surface area contributed by atoms with E-state index in [4.69, 9.17) is 23.2 Å². The molecule has 0 spiro atoms. The van der Waals surface area contributed by atoms with Gasteiger partial charge < -0.3 is 5.32 Å². The Kier molecular flexibility index (Phi) is 6.08. The number of aryl methyl sites for hydroxylation is 1. The molecular weight excluding hydrogens is 389 g/mol. The summed E-state index contributed by atoms with van der Waals surface area (Å²) in [5.74, 6) is 0.591. The fraction of sp³-hybridized carbons (Fsp3) is 0.316. The summed E-state index contributed by atoms with van der Waals surface area (Å²) in [7, 11) is 0. The topological polar surface area (TPSA) is 65.8 Å².